The molecule has 1 aromatic heterocycles. The van der Waals surface area contributed by atoms with Gasteiger partial charge in [-0.2, -0.15) is 5.26 Å². The van der Waals surface area contributed by atoms with E-state index in [1.54, 1.807) is 0 Å². The minimum absolute atomic E-state index is 0.0702. The van der Waals surface area contributed by atoms with Crippen molar-refractivity contribution in [2.24, 2.45) is 5.73 Å². The van der Waals surface area contributed by atoms with Gasteiger partial charge >= 0.3 is 0 Å². The second-order valence-electron chi connectivity index (χ2n) is 5.17. The molecule has 0 saturated heterocycles. The van der Waals surface area contributed by atoms with Crippen LogP contribution in [0.2, 0.25) is 5.15 Å². The Kier molecular flexibility index (Phi) is 3.78. The number of allylic oxidation sites excluding steroid dienone is 1. The summed E-state index contributed by atoms with van der Waals surface area (Å²) in [6.07, 6.45) is 2.11. The van der Waals surface area contributed by atoms with Crippen LogP contribution in [0.5, 0.6) is 5.88 Å². The number of H-pyrrole nitrogens is 1. The summed E-state index contributed by atoms with van der Waals surface area (Å²) in [5.41, 5.74) is 9.05. The number of rotatable bonds is 3. The number of ether oxygens (including phenoxy) is 1. The third kappa shape index (κ3) is 2.32. The van der Waals surface area contributed by atoms with Gasteiger partial charge in [0.15, 0.2) is 0 Å². The molecule has 0 spiro atoms. The summed E-state index contributed by atoms with van der Waals surface area (Å²) in [6, 6.07) is 10.3. The van der Waals surface area contributed by atoms with Crippen LogP contribution < -0.4 is 10.5 Å². The van der Waals surface area contributed by atoms with E-state index < -0.39 is 0 Å². The summed E-state index contributed by atoms with van der Waals surface area (Å²) < 4.78 is 5.38. The number of nitrogens with one attached hydrogen (secondary N) is 1. The number of aromatic amines is 1. The molecule has 0 aliphatic carbocycles. The predicted molar refractivity (Wildman–Crippen MR) is 83.3 cm³/mol. The fraction of sp³-hybridized carbons (Fsp3) is 0.250. The number of hydrogen-bond acceptors (Lipinski definition) is 4. The second kappa shape index (κ2) is 5.74. The fourth-order valence-electron chi connectivity index (χ4n) is 2.71. The van der Waals surface area contributed by atoms with Gasteiger partial charge in [-0.1, -0.05) is 49.2 Å². The maximum absolute atomic E-state index is 9.44. The van der Waals surface area contributed by atoms with Crippen LogP contribution in [0.15, 0.2) is 35.7 Å². The summed E-state index contributed by atoms with van der Waals surface area (Å²) in [5, 5.41) is 16.5. The molecule has 0 radical (unpaired) electrons. The summed E-state index contributed by atoms with van der Waals surface area (Å²) in [4.78, 5) is 0. The Bertz CT molecular complexity index is 770. The van der Waals surface area contributed by atoms with E-state index in [9.17, 15) is 5.26 Å². The van der Waals surface area contributed by atoms with Gasteiger partial charge in [0.2, 0.25) is 11.8 Å². The summed E-state index contributed by atoms with van der Waals surface area (Å²) in [6.45, 7) is 2.14. The van der Waals surface area contributed by atoms with Gasteiger partial charge in [0.1, 0.15) is 16.8 Å². The zero-order chi connectivity index (χ0) is 15.7. The first kappa shape index (κ1) is 14.5. The number of fused-ring (bicyclic) bond motifs is 1. The Morgan fingerprint density at radius 1 is 1.41 bits per heavy atom. The first-order valence-electron chi connectivity index (χ1n) is 7.05. The number of aryl methyl sites for hydroxylation is 1. The van der Waals surface area contributed by atoms with E-state index in [0.717, 1.165) is 18.4 Å². The Hall–Kier alpha value is -2.45. The van der Waals surface area contributed by atoms with Crippen molar-refractivity contribution < 1.29 is 4.74 Å². The molecular formula is C16H15ClN4O. The Balaban J connectivity index is 2.10. The van der Waals surface area contributed by atoms with Gasteiger partial charge in [0.25, 0.3) is 0 Å². The van der Waals surface area contributed by atoms with Crippen LogP contribution in [0.4, 0.5) is 0 Å². The summed E-state index contributed by atoms with van der Waals surface area (Å²) >= 11 is 6.18. The van der Waals surface area contributed by atoms with Crippen molar-refractivity contribution in [2.75, 3.05) is 0 Å². The lowest BCUT2D eigenvalue weighted by atomic mass is 9.85. The second-order valence-corrected chi connectivity index (χ2v) is 5.55. The normalized spacial score (nSPS) is 16.9. The van der Waals surface area contributed by atoms with E-state index in [-0.39, 0.29) is 11.8 Å². The van der Waals surface area contributed by atoms with Gasteiger partial charge in [-0.05, 0) is 17.5 Å². The molecule has 1 atom stereocenters. The predicted octanol–water partition coefficient (Wildman–Crippen LogP) is 3.23. The summed E-state index contributed by atoms with van der Waals surface area (Å²) in [5.74, 6) is 0.0283. The standard InChI is InChI=1S/C16H15ClN4O/c1-2-3-9-4-6-10(7-5-9)12-11(8-18)15(19)22-16-13(12)14(17)20-21-16/h4-7,12H,2-3,19H2,1H3,(H,20,21). The van der Waals surface area contributed by atoms with Gasteiger partial charge < -0.3 is 10.5 Å². The monoisotopic (exact) mass is 314 g/mol. The molecule has 1 unspecified atom stereocenters. The van der Waals surface area contributed by atoms with E-state index in [0.29, 0.717) is 22.2 Å². The van der Waals surface area contributed by atoms with Crippen LogP contribution in [-0.2, 0) is 6.42 Å². The van der Waals surface area contributed by atoms with E-state index in [2.05, 4.69) is 35.3 Å². The highest BCUT2D eigenvalue weighted by molar-refractivity contribution is 6.30. The lowest BCUT2D eigenvalue weighted by molar-refractivity contribution is 0.379. The third-order valence-electron chi connectivity index (χ3n) is 3.74. The molecule has 1 aliphatic heterocycles. The van der Waals surface area contributed by atoms with Gasteiger partial charge in [-0.3, -0.25) is 5.10 Å². The van der Waals surface area contributed by atoms with Gasteiger partial charge in [0.05, 0.1) is 11.5 Å². The SMILES string of the molecule is CCCc1ccc(C2C(C#N)=C(N)Oc3n[nH]c(Cl)c32)cc1. The van der Waals surface area contributed by atoms with Crippen LogP contribution in [0, 0.1) is 11.3 Å². The molecule has 0 amide bonds. The van der Waals surface area contributed by atoms with Crippen molar-refractivity contribution in [3.05, 3.63) is 57.6 Å². The van der Waals surface area contributed by atoms with E-state index in [4.69, 9.17) is 22.1 Å². The molecule has 22 heavy (non-hydrogen) atoms. The highest BCUT2D eigenvalue weighted by atomic mass is 35.5. The molecule has 0 saturated carbocycles. The Morgan fingerprint density at radius 3 is 2.77 bits per heavy atom. The number of nitrogens with zero attached hydrogens (tertiary/aromatic N) is 2. The largest absolute Gasteiger partial charge is 0.420 e. The van der Waals surface area contributed by atoms with Gasteiger partial charge in [-0.25, -0.2) is 0 Å². The molecule has 1 aromatic carbocycles. The number of nitrogens with two attached hydrogens (primary N) is 1. The van der Waals surface area contributed by atoms with Gasteiger partial charge in [-0.15, -0.1) is 5.10 Å². The average molecular weight is 315 g/mol. The maximum Gasteiger partial charge on any atom is 0.245 e. The minimum Gasteiger partial charge on any atom is -0.420 e. The van der Waals surface area contributed by atoms with E-state index in [1.165, 1.54) is 5.56 Å². The third-order valence-corrected chi connectivity index (χ3v) is 4.03. The Morgan fingerprint density at radius 2 is 2.14 bits per heavy atom. The number of halogens is 1. The van der Waals surface area contributed by atoms with E-state index >= 15 is 0 Å². The maximum atomic E-state index is 9.44. The Labute approximate surface area is 133 Å². The van der Waals surface area contributed by atoms with Crippen LogP contribution in [-0.4, -0.2) is 10.2 Å². The number of aromatic nitrogens is 2. The molecular weight excluding hydrogens is 300 g/mol. The lowest BCUT2D eigenvalue weighted by Crippen LogP contribution is -2.20. The van der Waals surface area contributed by atoms with Gasteiger partial charge in [0, 0.05) is 0 Å². The highest BCUT2D eigenvalue weighted by Gasteiger charge is 2.34. The van der Waals surface area contributed by atoms with Crippen molar-refractivity contribution >= 4 is 11.6 Å². The van der Waals surface area contributed by atoms with Crippen molar-refractivity contribution in [1.29, 1.82) is 5.26 Å². The van der Waals surface area contributed by atoms with Crippen molar-refractivity contribution in [1.82, 2.24) is 10.2 Å². The number of benzene rings is 1. The number of hydrogen-bond donors (Lipinski definition) is 2. The molecule has 0 bridgehead atoms. The fourth-order valence-corrected chi connectivity index (χ4v) is 2.94. The molecule has 0 fully saturated rings. The number of nitriles is 1. The molecule has 5 nitrogen and oxygen atoms in total. The lowest BCUT2D eigenvalue weighted by Gasteiger charge is -2.23. The first-order chi connectivity index (χ1) is 10.7. The molecule has 6 heteroatoms. The topological polar surface area (TPSA) is 87.7 Å². The molecule has 1 aliphatic rings. The quantitative estimate of drug-likeness (QED) is 0.910. The minimum atomic E-state index is -0.365. The molecule has 2 heterocycles. The van der Waals surface area contributed by atoms with Crippen LogP contribution in [0.1, 0.15) is 36.0 Å². The summed E-state index contributed by atoms with van der Waals surface area (Å²) in [7, 11) is 0. The zero-order valence-electron chi connectivity index (χ0n) is 12.1. The van der Waals surface area contributed by atoms with Crippen LogP contribution >= 0.6 is 11.6 Å². The molecule has 2 aromatic rings. The average Bonchev–Trinajstić information content (AvgIpc) is 2.88. The molecule has 3 N–H and O–H groups in total. The van der Waals surface area contributed by atoms with E-state index in [1.807, 2.05) is 12.1 Å². The van der Waals surface area contributed by atoms with Crippen molar-refractivity contribution in [3.8, 4) is 11.9 Å². The first-order valence-corrected chi connectivity index (χ1v) is 7.43. The smallest absolute Gasteiger partial charge is 0.245 e. The molecule has 112 valence electrons. The zero-order valence-corrected chi connectivity index (χ0v) is 12.8. The van der Waals surface area contributed by atoms with Crippen LogP contribution in [0.3, 0.4) is 0 Å². The highest BCUT2D eigenvalue weighted by Crippen LogP contribution is 2.44. The van der Waals surface area contributed by atoms with Crippen molar-refractivity contribution in [2.45, 2.75) is 25.7 Å². The molecule has 3 rings (SSSR count). The van der Waals surface area contributed by atoms with Crippen molar-refractivity contribution in [3.63, 3.8) is 0 Å². The van der Waals surface area contributed by atoms with Crippen LogP contribution in [0.25, 0.3) is 0 Å².